The van der Waals surface area contributed by atoms with Crippen LogP contribution in [0.4, 0.5) is 4.79 Å². The summed E-state index contributed by atoms with van der Waals surface area (Å²) in [5.41, 5.74) is 1.14. The molecule has 3 amide bonds. The molecule has 1 unspecified atom stereocenters. The number of aromatic nitrogens is 1. The Kier molecular flexibility index (Phi) is 5.65. The van der Waals surface area contributed by atoms with Crippen LogP contribution in [-0.2, 0) is 4.79 Å². The number of nitrogens with one attached hydrogen (secondary N) is 3. The predicted octanol–water partition coefficient (Wildman–Crippen LogP) is -0.126. The van der Waals surface area contributed by atoms with Gasteiger partial charge in [-0.15, -0.1) is 0 Å². The number of rotatable bonds is 4. The Hall–Kier alpha value is -1.99. The average Bonchev–Trinajstić information content (AvgIpc) is 2.54. The zero-order valence-electron chi connectivity index (χ0n) is 12.1. The van der Waals surface area contributed by atoms with Crippen molar-refractivity contribution in [2.45, 2.75) is 12.5 Å². The molecule has 1 aromatic rings. The molecule has 0 radical (unpaired) electrons. The number of imide groups is 1. The van der Waals surface area contributed by atoms with E-state index >= 15 is 0 Å². The summed E-state index contributed by atoms with van der Waals surface area (Å²) in [6.07, 6.45) is 3.90. The zero-order chi connectivity index (χ0) is 15.1. The van der Waals surface area contributed by atoms with Crippen molar-refractivity contribution in [2.24, 2.45) is 0 Å². The van der Waals surface area contributed by atoms with E-state index < -0.39 is 6.03 Å². The van der Waals surface area contributed by atoms with Gasteiger partial charge in [0.05, 0.1) is 0 Å². The van der Waals surface area contributed by atoms with Gasteiger partial charge < -0.3 is 10.6 Å². The first-order valence-electron chi connectivity index (χ1n) is 7.07. The molecule has 0 spiro atoms. The third-order valence-corrected chi connectivity index (χ3v) is 3.53. The van der Waals surface area contributed by atoms with Crippen molar-refractivity contribution in [2.75, 3.05) is 33.2 Å². The van der Waals surface area contributed by atoms with Gasteiger partial charge in [0, 0.05) is 58.1 Å². The van der Waals surface area contributed by atoms with Gasteiger partial charge in [0.1, 0.15) is 0 Å². The summed E-state index contributed by atoms with van der Waals surface area (Å²) >= 11 is 0. The highest BCUT2D eigenvalue weighted by Crippen LogP contribution is 2.21. The van der Waals surface area contributed by atoms with E-state index in [2.05, 4.69) is 25.8 Å². The molecule has 0 aromatic carbocycles. The smallest absolute Gasteiger partial charge is 0.321 e. The molecule has 1 aliphatic heterocycles. The highest BCUT2D eigenvalue weighted by molar-refractivity contribution is 5.94. The number of hydrogen-bond acceptors (Lipinski definition) is 5. The largest absolute Gasteiger partial charge is 0.341 e. The molecule has 1 saturated heterocycles. The zero-order valence-corrected chi connectivity index (χ0v) is 12.1. The maximum atomic E-state index is 11.7. The van der Waals surface area contributed by atoms with E-state index in [9.17, 15) is 9.59 Å². The van der Waals surface area contributed by atoms with Gasteiger partial charge in [0.2, 0.25) is 5.91 Å². The molecule has 2 rings (SSSR count). The summed E-state index contributed by atoms with van der Waals surface area (Å²) in [5.74, 6) is -0.266. The Morgan fingerprint density at radius 3 is 3.10 bits per heavy atom. The first-order valence-corrected chi connectivity index (χ1v) is 7.07. The van der Waals surface area contributed by atoms with Crippen LogP contribution in [0.15, 0.2) is 24.5 Å². The van der Waals surface area contributed by atoms with E-state index in [1.54, 1.807) is 6.20 Å². The van der Waals surface area contributed by atoms with E-state index in [-0.39, 0.29) is 11.9 Å². The average molecular weight is 291 g/mol. The minimum Gasteiger partial charge on any atom is -0.341 e. The number of amides is 3. The monoisotopic (exact) mass is 291 g/mol. The van der Waals surface area contributed by atoms with Crippen LogP contribution in [0.1, 0.15) is 18.0 Å². The van der Waals surface area contributed by atoms with Gasteiger partial charge >= 0.3 is 6.03 Å². The summed E-state index contributed by atoms with van der Waals surface area (Å²) in [4.78, 5) is 29.2. The van der Waals surface area contributed by atoms with Crippen molar-refractivity contribution in [3.05, 3.63) is 30.1 Å². The van der Waals surface area contributed by atoms with Crippen LogP contribution < -0.4 is 16.0 Å². The number of carbonyl (C=O) groups excluding carboxylic acids is 2. The third kappa shape index (κ3) is 4.51. The van der Waals surface area contributed by atoms with E-state index in [0.717, 1.165) is 25.2 Å². The lowest BCUT2D eigenvalue weighted by Crippen LogP contribution is -2.47. The quantitative estimate of drug-likeness (QED) is 0.719. The molecule has 21 heavy (non-hydrogen) atoms. The molecule has 2 heterocycles. The molecule has 3 N–H and O–H groups in total. The van der Waals surface area contributed by atoms with Gasteiger partial charge in [-0.05, 0) is 11.6 Å². The molecule has 114 valence electrons. The molecule has 1 fully saturated rings. The van der Waals surface area contributed by atoms with E-state index in [0.29, 0.717) is 13.0 Å². The first kappa shape index (κ1) is 15.4. The van der Waals surface area contributed by atoms with Crippen LogP contribution in [-0.4, -0.2) is 55.0 Å². The molecule has 7 nitrogen and oxygen atoms in total. The Labute approximate surface area is 124 Å². The Morgan fingerprint density at radius 2 is 2.38 bits per heavy atom. The fourth-order valence-corrected chi connectivity index (χ4v) is 2.41. The SMILES string of the molecule is CNC(=O)NC(=O)CCN1CCNCC1c1cccnc1. The summed E-state index contributed by atoms with van der Waals surface area (Å²) in [6.45, 7) is 3.22. The molecule has 0 aliphatic carbocycles. The minimum absolute atomic E-state index is 0.209. The van der Waals surface area contributed by atoms with Crippen LogP contribution >= 0.6 is 0 Å². The first-order chi connectivity index (χ1) is 10.2. The number of nitrogens with zero attached hydrogens (tertiary/aromatic N) is 2. The molecule has 7 heteroatoms. The number of hydrogen-bond donors (Lipinski definition) is 3. The fourth-order valence-electron chi connectivity index (χ4n) is 2.41. The summed E-state index contributed by atoms with van der Waals surface area (Å²) in [5, 5.41) is 8.00. The van der Waals surface area contributed by atoms with Crippen molar-refractivity contribution in [1.29, 1.82) is 0 Å². The fraction of sp³-hybridized carbons (Fsp3) is 0.500. The topological polar surface area (TPSA) is 86.4 Å². The van der Waals surface area contributed by atoms with Crippen LogP contribution in [0.3, 0.4) is 0 Å². The molecule has 0 saturated carbocycles. The Bertz CT molecular complexity index is 480. The molecular weight excluding hydrogens is 270 g/mol. The predicted molar refractivity (Wildman–Crippen MR) is 78.6 cm³/mol. The highest BCUT2D eigenvalue weighted by atomic mass is 16.2. The molecule has 1 aromatic heterocycles. The van der Waals surface area contributed by atoms with Crippen LogP contribution in [0.5, 0.6) is 0 Å². The number of carbonyl (C=O) groups is 2. The van der Waals surface area contributed by atoms with Gasteiger partial charge in [0.25, 0.3) is 0 Å². The standard InChI is InChI=1S/C14H21N5O2/c1-15-14(21)18-13(20)4-7-19-8-6-17-10-12(19)11-3-2-5-16-9-11/h2-3,5,9,12,17H,4,6-8,10H2,1H3,(H2,15,18,20,21). The van der Waals surface area contributed by atoms with Crippen molar-refractivity contribution >= 4 is 11.9 Å². The molecule has 0 bridgehead atoms. The van der Waals surface area contributed by atoms with Gasteiger partial charge in [-0.3, -0.25) is 20.0 Å². The van der Waals surface area contributed by atoms with Crippen LogP contribution in [0.25, 0.3) is 0 Å². The van der Waals surface area contributed by atoms with E-state index in [4.69, 9.17) is 0 Å². The van der Waals surface area contributed by atoms with Crippen molar-refractivity contribution in [3.63, 3.8) is 0 Å². The highest BCUT2D eigenvalue weighted by Gasteiger charge is 2.24. The van der Waals surface area contributed by atoms with Crippen LogP contribution in [0.2, 0.25) is 0 Å². The number of piperazine rings is 1. The second-order valence-corrected chi connectivity index (χ2v) is 4.92. The van der Waals surface area contributed by atoms with Gasteiger partial charge in [0.15, 0.2) is 0 Å². The van der Waals surface area contributed by atoms with Crippen molar-refractivity contribution in [3.8, 4) is 0 Å². The normalized spacial score (nSPS) is 19.0. The lowest BCUT2D eigenvalue weighted by molar-refractivity contribution is -0.120. The molecule has 1 atom stereocenters. The second kappa shape index (κ2) is 7.70. The van der Waals surface area contributed by atoms with Gasteiger partial charge in [-0.2, -0.15) is 0 Å². The maximum Gasteiger partial charge on any atom is 0.321 e. The Balaban J connectivity index is 1.91. The van der Waals surface area contributed by atoms with E-state index in [1.165, 1.54) is 7.05 Å². The summed E-state index contributed by atoms with van der Waals surface area (Å²) in [7, 11) is 1.48. The molecule has 1 aliphatic rings. The number of urea groups is 1. The maximum absolute atomic E-state index is 11.7. The summed E-state index contributed by atoms with van der Waals surface area (Å²) < 4.78 is 0. The lowest BCUT2D eigenvalue weighted by atomic mass is 10.1. The van der Waals surface area contributed by atoms with Crippen molar-refractivity contribution < 1.29 is 9.59 Å². The minimum atomic E-state index is -0.468. The number of pyridine rings is 1. The van der Waals surface area contributed by atoms with Crippen LogP contribution in [0, 0.1) is 0 Å². The van der Waals surface area contributed by atoms with Crippen molar-refractivity contribution in [1.82, 2.24) is 25.8 Å². The second-order valence-electron chi connectivity index (χ2n) is 4.92. The van der Waals surface area contributed by atoms with Gasteiger partial charge in [-0.1, -0.05) is 6.07 Å². The van der Waals surface area contributed by atoms with E-state index in [1.807, 2.05) is 18.3 Å². The van der Waals surface area contributed by atoms with Gasteiger partial charge in [-0.25, -0.2) is 4.79 Å². The lowest BCUT2D eigenvalue weighted by Gasteiger charge is -2.36. The third-order valence-electron chi connectivity index (χ3n) is 3.53. The summed E-state index contributed by atoms with van der Waals surface area (Å²) in [6, 6.07) is 3.70. The molecular formula is C14H21N5O2. The Morgan fingerprint density at radius 1 is 1.52 bits per heavy atom.